The van der Waals surface area contributed by atoms with Crippen LogP contribution >= 0.6 is 15.9 Å². The SMILES string of the molecule is COc1cc(Br)c(C(C)N2CCCNCC2)cc1OC. The highest BCUT2D eigenvalue weighted by Crippen LogP contribution is 2.37. The fourth-order valence-electron chi connectivity index (χ4n) is 2.64. The number of nitrogens with zero attached hydrogens (tertiary/aromatic N) is 1. The second-order valence-electron chi connectivity index (χ2n) is 5.04. The summed E-state index contributed by atoms with van der Waals surface area (Å²) in [6.07, 6.45) is 1.19. The molecule has 0 spiro atoms. The summed E-state index contributed by atoms with van der Waals surface area (Å²) >= 11 is 3.66. The first kappa shape index (κ1) is 15.6. The van der Waals surface area contributed by atoms with Gasteiger partial charge in [0.2, 0.25) is 0 Å². The molecule has 0 radical (unpaired) electrons. The van der Waals surface area contributed by atoms with Crippen molar-refractivity contribution >= 4 is 15.9 Å². The standard InChI is InChI=1S/C15H23BrN2O2/c1-11(18-7-4-5-17-6-8-18)12-9-14(19-2)15(20-3)10-13(12)16/h9-11,17H,4-8H2,1-3H3. The third-order valence-corrected chi connectivity index (χ3v) is 4.56. The molecule has 5 heteroatoms. The molecule has 1 aliphatic rings. The lowest BCUT2D eigenvalue weighted by Gasteiger charge is -2.29. The number of ether oxygens (including phenoxy) is 2. The molecule has 1 N–H and O–H groups in total. The van der Waals surface area contributed by atoms with E-state index in [1.807, 2.05) is 6.07 Å². The largest absolute Gasteiger partial charge is 0.493 e. The zero-order valence-corrected chi connectivity index (χ0v) is 14.0. The van der Waals surface area contributed by atoms with Gasteiger partial charge in [0.05, 0.1) is 14.2 Å². The fraction of sp³-hybridized carbons (Fsp3) is 0.600. The molecular weight excluding hydrogens is 320 g/mol. The van der Waals surface area contributed by atoms with E-state index in [0.29, 0.717) is 6.04 Å². The van der Waals surface area contributed by atoms with Crippen molar-refractivity contribution < 1.29 is 9.47 Å². The summed E-state index contributed by atoms with van der Waals surface area (Å²) < 4.78 is 11.8. The van der Waals surface area contributed by atoms with Crippen LogP contribution in [-0.4, -0.2) is 45.3 Å². The van der Waals surface area contributed by atoms with Crippen LogP contribution in [0.4, 0.5) is 0 Å². The van der Waals surface area contributed by atoms with Crippen LogP contribution < -0.4 is 14.8 Å². The quantitative estimate of drug-likeness (QED) is 0.912. The number of rotatable bonds is 4. The number of hydrogen-bond donors (Lipinski definition) is 1. The van der Waals surface area contributed by atoms with E-state index in [1.165, 1.54) is 12.0 Å². The highest BCUT2D eigenvalue weighted by atomic mass is 79.9. The minimum absolute atomic E-state index is 0.351. The Hall–Kier alpha value is -0.780. The van der Waals surface area contributed by atoms with E-state index in [-0.39, 0.29) is 0 Å². The van der Waals surface area contributed by atoms with Gasteiger partial charge in [0.25, 0.3) is 0 Å². The maximum atomic E-state index is 5.42. The molecule has 0 aliphatic carbocycles. The molecule has 1 atom stereocenters. The van der Waals surface area contributed by atoms with Gasteiger partial charge in [0, 0.05) is 23.6 Å². The van der Waals surface area contributed by atoms with Gasteiger partial charge in [-0.3, -0.25) is 4.90 Å². The van der Waals surface area contributed by atoms with Gasteiger partial charge < -0.3 is 14.8 Å². The predicted molar refractivity (Wildman–Crippen MR) is 84.7 cm³/mol. The molecule has 112 valence electrons. The molecule has 4 nitrogen and oxygen atoms in total. The van der Waals surface area contributed by atoms with Gasteiger partial charge >= 0.3 is 0 Å². The highest BCUT2D eigenvalue weighted by Gasteiger charge is 2.21. The van der Waals surface area contributed by atoms with Gasteiger partial charge in [-0.2, -0.15) is 0 Å². The van der Waals surface area contributed by atoms with Crippen molar-refractivity contribution in [3.63, 3.8) is 0 Å². The van der Waals surface area contributed by atoms with Crippen molar-refractivity contribution in [3.05, 3.63) is 22.2 Å². The maximum absolute atomic E-state index is 5.42. The van der Waals surface area contributed by atoms with Gasteiger partial charge in [-0.1, -0.05) is 15.9 Å². The Morgan fingerprint density at radius 2 is 1.85 bits per heavy atom. The monoisotopic (exact) mass is 342 g/mol. The van der Waals surface area contributed by atoms with Crippen LogP contribution in [0.2, 0.25) is 0 Å². The lowest BCUT2D eigenvalue weighted by Crippen LogP contribution is -2.31. The molecule has 0 aromatic heterocycles. The van der Waals surface area contributed by atoms with Crippen molar-refractivity contribution in [1.29, 1.82) is 0 Å². The molecule has 1 heterocycles. The van der Waals surface area contributed by atoms with Crippen molar-refractivity contribution in [2.24, 2.45) is 0 Å². The average Bonchev–Trinajstić information content (AvgIpc) is 2.75. The topological polar surface area (TPSA) is 33.7 Å². The molecule has 1 saturated heterocycles. The van der Waals surface area contributed by atoms with Crippen molar-refractivity contribution in [2.75, 3.05) is 40.4 Å². The number of hydrogen-bond acceptors (Lipinski definition) is 4. The molecule has 0 bridgehead atoms. The smallest absolute Gasteiger partial charge is 0.161 e. The number of methoxy groups -OCH3 is 2. The van der Waals surface area contributed by atoms with Crippen LogP contribution in [0.15, 0.2) is 16.6 Å². The molecule has 1 aliphatic heterocycles. The van der Waals surface area contributed by atoms with Crippen molar-refractivity contribution in [3.8, 4) is 11.5 Å². The van der Waals surface area contributed by atoms with Gasteiger partial charge in [-0.15, -0.1) is 0 Å². The van der Waals surface area contributed by atoms with Crippen LogP contribution in [0, 0.1) is 0 Å². The number of halogens is 1. The van der Waals surface area contributed by atoms with Gasteiger partial charge in [0.1, 0.15) is 0 Å². The zero-order chi connectivity index (χ0) is 14.5. The van der Waals surface area contributed by atoms with E-state index in [9.17, 15) is 0 Å². The summed E-state index contributed by atoms with van der Waals surface area (Å²) in [7, 11) is 3.34. The Labute approximate surface area is 129 Å². The Balaban J connectivity index is 2.26. The van der Waals surface area contributed by atoms with E-state index >= 15 is 0 Å². The predicted octanol–water partition coefficient (Wildman–Crippen LogP) is 2.82. The van der Waals surface area contributed by atoms with Crippen LogP contribution in [0.3, 0.4) is 0 Å². The first-order valence-electron chi connectivity index (χ1n) is 7.03. The Bertz CT molecular complexity index is 446. The van der Waals surface area contributed by atoms with E-state index in [4.69, 9.17) is 9.47 Å². The molecule has 20 heavy (non-hydrogen) atoms. The van der Waals surface area contributed by atoms with Crippen molar-refractivity contribution in [1.82, 2.24) is 10.2 Å². The minimum Gasteiger partial charge on any atom is -0.493 e. The minimum atomic E-state index is 0.351. The molecule has 2 rings (SSSR count). The second kappa shape index (κ2) is 7.29. The Morgan fingerprint density at radius 1 is 1.15 bits per heavy atom. The van der Waals surface area contributed by atoms with E-state index in [2.05, 4.69) is 39.1 Å². The van der Waals surface area contributed by atoms with E-state index in [1.54, 1.807) is 14.2 Å². The first-order valence-corrected chi connectivity index (χ1v) is 7.83. The molecule has 1 unspecified atom stereocenters. The number of nitrogens with one attached hydrogen (secondary N) is 1. The fourth-order valence-corrected chi connectivity index (χ4v) is 3.29. The molecule has 0 amide bonds. The lowest BCUT2D eigenvalue weighted by atomic mass is 10.1. The zero-order valence-electron chi connectivity index (χ0n) is 12.4. The average molecular weight is 343 g/mol. The van der Waals surface area contributed by atoms with Crippen LogP contribution in [-0.2, 0) is 0 Å². The lowest BCUT2D eigenvalue weighted by molar-refractivity contribution is 0.224. The van der Waals surface area contributed by atoms with Crippen molar-refractivity contribution in [2.45, 2.75) is 19.4 Å². The normalized spacial score (nSPS) is 18.4. The van der Waals surface area contributed by atoms with E-state index in [0.717, 1.165) is 42.2 Å². The molecule has 1 aromatic rings. The van der Waals surface area contributed by atoms with Gasteiger partial charge in [-0.25, -0.2) is 0 Å². The third-order valence-electron chi connectivity index (χ3n) is 3.88. The molecular formula is C15H23BrN2O2. The second-order valence-corrected chi connectivity index (χ2v) is 5.90. The summed E-state index contributed by atoms with van der Waals surface area (Å²) in [4.78, 5) is 2.51. The van der Waals surface area contributed by atoms with Gasteiger partial charge in [0.15, 0.2) is 11.5 Å². The molecule has 1 aromatic carbocycles. The van der Waals surface area contributed by atoms with Crippen LogP contribution in [0.25, 0.3) is 0 Å². The highest BCUT2D eigenvalue weighted by molar-refractivity contribution is 9.10. The summed E-state index contributed by atoms with van der Waals surface area (Å²) in [5.41, 5.74) is 1.24. The summed E-state index contributed by atoms with van der Waals surface area (Å²) in [6, 6.07) is 4.41. The van der Waals surface area contributed by atoms with Crippen LogP contribution in [0.1, 0.15) is 24.9 Å². The van der Waals surface area contributed by atoms with Crippen LogP contribution in [0.5, 0.6) is 11.5 Å². The Kier molecular flexibility index (Phi) is 5.69. The third kappa shape index (κ3) is 3.45. The van der Waals surface area contributed by atoms with Gasteiger partial charge in [-0.05, 0) is 44.1 Å². The number of benzene rings is 1. The molecule has 1 fully saturated rings. The molecule has 0 saturated carbocycles. The maximum Gasteiger partial charge on any atom is 0.161 e. The Morgan fingerprint density at radius 3 is 2.55 bits per heavy atom. The van der Waals surface area contributed by atoms with E-state index < -0.39 is 0 Å². The first-order chi connectivity index (χ1) is 9.67. The summed E-state index contributed by atoms with van der Waals surface area (Å²) in [5, 5.41) is 3.44. The summed E-state index contributed by atoms with van der Waals surface area (Å²) in [6.45, 7) is 6.60. The summed E-state index contributed by atoms with van der Waals surface area (Å²) in [5.74, 6) is 1.54.